The van der Waals surface area contributed by atoms with E-state index in [0.717, 1.165) is 21.9 Å². The maximum absolute atomic E-state index is 12.9. The van der Waals surface area contributed by atoms with Gasteiger partial charge in [0.1, 0.15) is 5.60 Å². The highest BCUT2D eigenvalue weighted by molar-refractivity contribution is 7.89. The van der Waals surface area contributed by atoms with Gasteiger partial charge in [-0.2, -0.15) is 0 Å². The molecule has 0 saturated carbocycles. The highest BCUT2D eigenvalue weighted by Gasteiger charge is 2.27. The van der Waals surface area contributed by atoms with Crippen molar-refractivity contribution < 1.29 is 17.9 Å². The van der Waals surface area contributed by atoms with Gasteiger partial charge in [0, 0.05) is 6.54 Å². The van der Waals surface area contributed by atoms with E-state index in [1.54, 1.807) is 45.0 Å². The van der Waals surface area contributed by atoms with Gasteiger partial charge >= 0.3 is 5.97 Å². The predicted octanol–water partition coefficient (Wildman–Crippen LogP) is 4.63. The van der Waals surface area contributed by atoms with Crippen molar-refractivity contribution in [3.05, 3.63) is 77.9 Å². The lowest BCUT2D eigenvalue weighted by Gasteiger charge is -2.24. The van der Waals surface area contributed by atoms with Crippen molar-refractivity contribution in [1.82, 2.24) is 4.72 Å². The van der Waals surface area contributed by atoms with Gasteiger partial charge in [0.05, 0.1) is 10.8 Å². The third kappa shape index (κ3) is 6.39. The van der Waals surface area contributed by atoms with Crippen molar-refractivity contribution in [2.24, 2.45) is 5.92 Å². The van der Waals surface area contributed by atoms with Crippen LogP contribution in [0.15, 0.2) is 71.6 Å². The molecule has 3 aromatic rings. The van der Waals surface area contributed by atoms with Gasteiger partial charge in [0.15, 0.2) is 0 Å². The van der Waals surface area contributed by atoms with Crippen molar-refractivity contribution >= 4 is 26.8 Å². The van der Waals surface area contributed by atoms with Crippen molar-refractivity contribution in [2.45, 2.75) is 44.6 Å². The molecule has 5 nitrogen and oxygen atoms in total. The quantitative estimate of drug-likeness (QED) is 0.545. The summed E-state index contributed by atoms with van der Waals surface area (Å²) in [6.07, 6.45) is 0.371. The molecule has 0 bridgehead atoms. The third-order valence-corrected chi connectivity index (χ3v) is 6.33. The first-order chi connectivity index (χ1) is 14.5. The van der Waals surface area contributed by atoms with Crippen LogP contribution in [0.4, 0.5) is 0 Å². The fourth-order valence-electron chi connectivity index (χ4n) is 3.29. The Morgan fingerprint density at radius 3 is 2.26 bits per heavy atom. The van der Waals surface area contributed by atoms with E-state index in [2.05, 4.69) is 4.72 Å². The second kappa shape index (κ2) is 9.20. The molecule has 3 rings (SSSR count). The highest BCUT2D eigenvalue weighted by atomic mass is 32.2. The molecule has 0 saturated heterocycles. The number of hydrogen-bond acceptors (Lipinski definition) is 4. The van der Waals surface area contributed by atoms with Crippen LogP contribution in [0.3, 0.4) is 0 Å². The van der Waals surface area contributed by atoms with Gasteiger partial charge in [0.25, 0.3) is 0 Å². The van der Waals surface area contributed by atoms with Crippen molar-refractivity contribution in [3.63, 3.8) is 0 Å². The Bertz CT molecular complexity index is 1160. The lowest BCUT2D eigenvalue weighted by Crippen LogP contribution is -2.37. The summed E-state index contributed by atoms with van der Waals surface area (Å²) in [4.78, 5) is 13.0. The van der Waals surface area contributed by atoms with E-state index in [1.165, 1.54) is 0 Å². The van der Waals surface area contributed by atoms with E-state index in [1.807, 2.05) is 49.4 Å². The molecule has 1 N–H and O–H groups in total. The number of benzene rings is 3. The highest BCUT2D eigenvalue weighted by Crippen LogP contribution is 2.21. The number of esters is 1. The molecule has 6 heteroatoms. The van der Waals surface area contributed by atoms with Gasteiger partial charge in [-0.15, -0.1) is 0 Å². The van der Waals surface area contributed by atoms with Crippen LogP contribution >= 0.6 is 0 Å². The van der Waals surface area contributed by atoms with E-state index in [-0.39, 0.29) is 11.4 Å². The van der Waals surface area contributed by atoms with Gasteiger partial charge in [-0.05, 0) is 62.6 Å². The molecular formula is C25H29NO4S. The first-order valence-corrected chi connectivity index (χ1v) is 11.8. The van der Waals surface area contributed by atoms with Gasteiger partial charge < -0.3 is 4.74 Å². The first kappa shape index (κ1) is 23.0. The summed E-state index contributed by atoms with van der Waals surface area (Å²) < 4.78 is 33.6. The van der Waals surface area contributed by atoms with E-state index in [4.69, 9.17) is 4.74 Å². The number of hydrogen-bond donors (Lipinski definition) is 1. The molecule has 0 aromatic heterocycles. The zero-order valence-corrected chi connectivity index (χ0v) is 19.2. The topological polar surface area (TPSA) is 72.5 Å². The predicted molar refractivity (Wildman–Crippen MR) is 123 cm³/mol. The number of aryl methyl sites for hydroxylation is 1. The number of nitrogens with one attached hydrogen (secondary N) is 1. The van der Waals surface area contributed by atoms with Crippen molar-refractivity contribution in [3.8, 4) is 0 Å². The average molecular weight is 440 g/mol. The number of sulfonamides is 1. The Morgan fingerprint density at radius 2 is 1.61 bits per heavy atom. The summed E-state index contributed by atoms with van der Waals surface area (Å²) in [6.45, 7) is 7.25. The molecule has 0 spiro atoms. The van der Waals surface area contributed by atoms with Crippen LogP contribution in [0, 0.1) is 12.8 Å². The number of rotatable bonds is 7. The summed E-state index contributed by atoms with van der Waals surface area (Å²) in [6, 6.07) is 20.6. The van der Waals surface area contributed by atoms with Crippen LogP contribution < -0.4 is 4.72 Å². The molecule has 0 aliphatic rings. The van der Waals surface area contributed by atoms with Crippen LogP contribution in [-0.4, -0.2) is 26.5 Å². The van der Waals surface area contributed by atoms with E-state index < -0.39 is 27.5 Å². The van der Waals surface area contributed by atoms with Crippen molar-refractivity contribution in [1.29, 1.82) is 0 Å². The summed E-state index contributed by atoms with van der Waals surface area (Å²) >= 11 is 0. The monoisotopic (exact) mass is 439 g/mol. The Hall–Kier alpha value is -2.70. The normalized spacial score (nSPS) is 13.2. The second-order valence-corrected chi connectivity index (χ2v) is 10.5. The van der Waals surface area contributed by atoms with Crippen LogP contribution in [0.25, 0.3) is 10.8 Å². The first-order valence-electron chi connectivity index (χ1n) is 10.3. The van der Waals surface area contributed by atoms with E-state index >= 15 is 0 Å². The molecule has 164 valence electrons. The number of ether oxygens (including phenoxy) is 1. The molecule has 0 unspecified atom stereocenters. The lowest BCUT2D eigenvalue weighted by atomic mass is 9.97. The summed E-state index contributed by atoms with van der Waals surface area (Å²) in [7, 11) is -3.73. The van der Waals surface area contributed by atoms with Crippen LogP contribution in [0.2, 0.25) is 0 Å². The Morgan fingerprint density at radius 1 is 0.968 bits per heavy atom. The third-order valence-electron chi connectivity index (χ3n) is 4.89. The largest absolute Gasteiger partial charge is 0.460 e. The molecule has 0 fully saturated rings. The Kier molecular flexibility index (Phi) is 6.82. The summed E-state index contributed by atoms with van der Waals surface area (Å²) in [5, 5.41) is 2.18. The molecule has 31 heavy (non-hydrogen) atoms. The molecule has 3 aromatic carbocycles. The molecule has 0 heterocycles. The van der Waals surface area contributed by atoms with Crippen LogP contribution in [0.1, 0.15) is 31.9 Å². The minimum atomic E-state index is -3.73. The SMILES string of the molecule is Cc1ccc(S(=O)(=O)NC[C@H](Cc2ccc3ccccc3c2)C(=O)OC(C)(C)C)cc1. The minimum absolute atomic E-state index is 0.0437. The second-order valence-electron chi connectivity index (χ2n) is 8.78. The van der Waals surface area contributed by atoms with Gasteiger partial charge in [-0.1, -0.05) is 60.2 Å². The molecule has 0 aliphatic carbocycles. The van der Waals surface area contributed by atoms with E-state index in [9.17, 15) is 13.2 Å². The maximum atomic E-state index is 12.9. The standard InChI is InChI=1S/C25H29NO4S/c1-18-9-13-23(14-10-18)31(28,29)26-17-22(24(27)30-25(2,3)4)16-19-11-12-20-7-5-6-8-21(20)15-19/h5-15,22,26H,16-17H2,1-4H3/t22-/m0/s1. The zero-order chi connectivity index (χ0) is 22.6. The number of fused-ring (bicyclic) bond motifs is 1. The fraction of sp³-hybridized carbons (Fsp3) is 0.320. The smallest absolute Gasteiger partial charge is 0.311 e. The number of carbonyl (C=O) groups is 1. The fourth-order valence-corrected chi connectivity index (χ4v) is 4.37. The zero-order valence-electron chi connectivity index (χ0n) is 18.4. The van der Waals surface area contributed by atoms with Crippen molar-refractivity contribution in [2.75, 3.05) is 6.54 Å². The van der Waals surface area contributed by atoms with Crippen LogP contribution in [-0.2, 0) is 26.0 Å². The van der Waals surface area contributed by atoms with E-state index in [0.29, 0.717) is 6.42 Å². The summed E-state index contributed by atoms with van der Waals surface area (Å²) in [5.74, 6) is -1.08. The van der Waals surface area contributed by atoms with Crippen LogP contribution in [0.5, 0.6) is 0 Å². The summed E-state index contributed by atoms with van der Waals surface area (Å²) in [5.41, 5.74) is 1.26. The molecule has 0 amide bonds. The molecule has 0 radical (unpaired) electrons. The molecular weight excluding hydrogens is 410 g/mol. The lowest BCUT2D eigenvalue weighted by molar-refractivity contribution is -0.159. The molecule has 1 atom stereocenters. The maximum Gasteiger partial charge on any atom is 0.311 e. The number of carbonyl (C=O) groups excluding carboxylic acids is 1. The molecule has 0 aliphatic heterocycles. The Labute approximate surface area is 184 Å². The average Bonchev–Trinajstić information content (AvgIpc) is 2.70. The minimum Gasteiger partial charge on any atom is -0.460 e. The Balaban J connectivity index is 1.81. The van der Waals surface area contributed by atoms with Gasteiger partial charge in [0.2, 0.25) is 10.0 Å². The van der Waals surface area contributed by atoms with Gasteiger partial charge in [-0.3, -0.25) is 4.79 Å². The van der Waals surface area contributed by atoms with Gasteiger partial charge in [-0.25, -0.2) is 13.1 Å².